The zero-order valence-corrected chi connectivity index (χ0v) is 13.9. The Labute approximate surface area is 128 Å². The second kappa shape index (κ2) is 9.38. The molecule has 0 fully saturated rings. The van der Waals surface area contributed by atoms with Gasteiger partial charge in [0, 0.05) is 6.04 Å². The molecular formula is C16H28N2O3. The minimum absolute atomic E-state index is 0.0960. The lowest BCUT2D eigenvalue weighted by Gasteiger charge is -2.34. The molecule has 0 heterocycles. The lowest BCUT2D eigenvalue weighted by molar-refractivity contribution is -0.153. The van der Waals surface area contributed by atoms with E-state index in [0.29, 0.717) is 12.8 Å². The molecule has 120 valence electrons. The summed E-state index contributed by atoms with van der Waals surface area (Å²) in [7, 11) is 0. The number of esters is 1. The molecule has 21 heavy (non-hydrogen) atoms. The van der Waals surface area contributed by atoms with Crippen LogP contribution in [0.2, 0.25) is 0 Å². The highest BCUT2D eigenvalue weighted by atomic mass is 16.5. The first-order valence-corrected chi connectivity index (χ1v) is 7.76. The number of nitrogens with zero attached hydrogens (tertiary/aromatic N) is 2. The minimum Gasteiger partial charge on any atom is -0.465 e. The summed E-state index contributed by atoms with van der Waals surface area (Å²) < 4.78 is 4.92. The van der Waals surface area contributed by atoms with Gasteiger partial charge < -0.3 is 9.64 Å². The molecule has 0 aromatic rings. The van der Waals surface area contributed by atoms with Gasteiger partial charge in [-0.15, -0.1) is 0 Å². The van der Waals surface area contributed by atoms with Gasteiger partial charge in [-0.25, -0.2) is 0 Å². The summed E-state index contributed by atoms with van der Waals surface area (Å²) in [6, 6.07) is 2.06. The SMILES string of the molecule is CCCC(C#N)(CCC)C(=O)N(CC(=O)OCC)C(C)C. The number of rotatable bonds is 9. The first-order chi connectivity index (χ1) is 9.88. The van der Waals surface area contributed by atoms with Gasteiger partial charge in [-0.2, -0.15) is 5.26 Å². The van der Waals surface area contributed by atoms with Crippen LogP contribution in [0.15, 0.2) is 0 Å². The van der Waals surface area contributed by atoms with E-state index in [1.54, 1.807) is 6.92 Å². The summed E-state index contributed by atoms with van der Waals surface area (Å²) in [4.78, 5) is 26.0. The van der Waals surface area contributed by atoms with Crippen LogP contribution in [0, 0.1) is 16.7 Å². The third-order valence-corrected chi connectivity index (χ3v) is 3.47. The first-order valence-electron chi connectivity index (χ1n) is 7.76. The highest BCUT2D eigenvalue weighted by Gasteiger charge is 2.41. The lowest BCUT2D eigenvalue weighted by atomic mass is 9.79. The second-order valence-corrected chi connectivity index (χ2v) is 5.53. The zero-order chi connectivity index (χ0) is 16.5. The van der Waals surface area contributed by atoms with E-state index in [2.05, 4.69) is 6.07 Å². The molecule has 0 aromatic carbocycles. The van der Waals surface area contributed by atoms with Crippen LogP contribution in [0.5, 0.6) is 0 Å². The lowest BCUT2D eigenvalue weighted by Crippen LogP contribution is -2.49. The predicted molar refractivity (Wildman–Crippen MR) is 81.3 cm³/mol. The van der Waals surface area contributed by atoms with Crippen molar-refractivity contribution in [2.24, 2.45) is 5.41 Å². The van der Waals surface area contributed by atoms with Crippen LogP contribution < -0.4 is 0 Å². The van der Waals surface area contributed by atoms with E-state index in [4.69, 9.17) is 4.74 Å². The molecule has 0 atom stereocenters. The van der Waals surface area contributed by atoms with Crippen LogP contribution in [0.1, 0.15) is 60.3 Å². The Morgan fingerprint density at radius 2 is 1.71 bits per heavy atom. The number of carbonyl (C=O) groups is 2. The molecule has 0 saturated heterocycles. The van der Waals surface area contributed by atoms with Crippen molar-refractivity contribution in [2.75, 3.05) is 13.2 Å². The van der Waals surface area contributed by atoms with Crippen molar-refractivity contribution in [2.45, 2.75) is 66.3 Å². The van der Waals surface area contributed by atoms with E-state index in [0.717, 1.165) is 12.8 Å². The maximum absolute atomic E-state index is 12.9. The van der Waals surface area contributed by atoms with Gasteiger partial charge in [0.2, 0.25) is 5.91 Å². The normalized spacial score (nSPS) is 11.1. The van der Waals surface area contributed by atoms with E-state index >= 15 is 0 Å². The standard InChI is InChI=1S/C16H28N2O3/c1-6-9-16(12-17,10-7-2)15(20)18(13(4)5)11-14(19)21-8-3/h13H,6-11H2,1-5H3. The fourth-order valence-corrected chi connectivity index (χ4v) is 2.46. The maximum Gasteiger partial charge on any atom is 0.325 e. The smallest absolute Gasteiger partial charge is 0.325 e. The highest BCUT2D eigenvalue weighted by molar-refractivity contribution is 5.88. The van der Waals surface area contributed by atoms with E-state index in [1.807, 2.05) is 27.7 Å². The molecule has 0 bridgehead atoms. The average Bonchev–Trinajstić information content (AvgIpc) is 2.43. The fourth-order valence-electron chi connectivity index (χ4n) is 2.46. The summed E-state index contributed by atoms with van der Waals surface area (Å²) in [6.45, 7) is 9.52. The van der Waals surface area contributed by atoms with Crippen LogP contribution in [0.3, 0.4) is 0 Å². The molecule has 0 radical (unpaired) electrons. The molecule has 0 aromatic heterocycles. The van der Waals surface area contributed by atoms with E-state index in [9.17, 15) is 14.9 Å². The monoisotopic (exact) mass is 296 g/mol. The van der Waals surface area contributed by atoms with Crippen LogP contribution in [-0.2, 0) is 14.3 Å². The number of ether oxygens (including phenoxy) is 1. The van der Waals surface area contributed by atoms with Crippen LogP contribution >= 0.6 is 0 Å². The largest absolute Gasteiger partial charge is 0.465 e. The van der Waals surface area contributed by atoms with Crippen LogP contribution in [-0.4, -0.2) is 36.0 Å². The maximum atomic E-state index is 12.9. The van der Waals surface area contributed by atoms with Crippen LogP contribution in [0.4, 0.5) is 0 Å². The Kier molecular flexibility index (Phi) is 8.68. The molecule has 1 amide bonds. The van der Waals surface area contributed by atoms with Gasteiger partial charge in [-0.05, 0) is 33.6 Å². The molecule has 0 unspecified atom stereocenters. The molecule has 0 aliphatic heterocycles. The van der Waals surface area contributed by atoms with Gasteiger partial charge in [0.05, 0.1) is 12.7 Å². The summed E-state index contributed by atoms with van der Waals surface area (Å²) in [5.74, 6) is -0.684. The average molecular weight is 296 g/mol. The fraction of sp³-hybridized carbons (Fsp3) is 0.812. The third kappa shape index (κ3) is 5.37. The molecule has 0 N–H and O–H groups in total. The summed E-state index contributed by atoms with van der Waals surface area (Å²) in [5.41, 5.74) is -1.03. The van der Waals surface area contributed by atoms with Crippen molar-refractivity contribution in [1.29, 1.82) is 5.26 Å². The Bertz CT molecular complexity index is 379. The number of nitriles is 1. The Morgan fingerprint density at radius 1 is 1.19 bits per heavy atom. The molecule has 0 aliphatic rings. The molecule has 0 aliphatic carbocycles. The summed E-state index contributed by atoms with van der Waals surface area (Å²) in [5, 5.41) is 9.56. The molecule has 0 saturated carbocycles. The molecule has 0 spiro atoms. The van der Waals surface area contributed by atoms with Crippen molar-refractivity contribution >= 4 is 11.9 Å². The van der Waals surface area contributed by atoms with Gasteiger partial charge in [0.1, 0.15) is 12.0 Å². The second-order valence-electron chi connectivity index (χ2n) is 5.53. The van der Waals surface area contributed by atoms with Gasteiger partial charge in [0.15, 0.2) is 0 Å². The molecule has 0 rings (SSSR count). The van der Waals surface area contributed by atoms with Crippen molar-refractivity contribution in [3.05, 3.63) is 0 Å². The Balaban J connectivity index is 5.32. The highest BCUT2D eigenvalue weighted by Crippen LogP contribution is 2.32. The number of carbonyl (C=O) groups excluding carboxylic acids is 2. The number of hydrogen-bond acceptors (Lipinski definition) is 4. The van der Waals surface area contributed by atoms with Crippen molar-refractivity contribution < 1.29 is 14.3 Å². The Hall–Kier alpha value is -1.57. The van der Waals surface area contributed by atoms with Crippen molar-refractivity contribution in [3.63, 3.8) is 0 Å². The Morgan fingerprint density at radius 3 is 2.05 bits per heavy atom. The predicted octanol–water partition coefficient (Wildman–Crippen LogP) is 2.90. The van der Waals surface area contributed by atoms with E-state index < -0.39 is 11.4 Å². The van der Waals surface area contributed by atoms with Gasteiger partial charge in [-0.1, -0.05) is 26.7 Å². The quantitative estimate of drug-likeness (QED) is 0.613. The van der Waals surface area contributed by atoms with E-state index in [1.165, 1.54) is 4.90 Å². The number of amides is 1. The molecular weight excluding hydrogens is 268 g/mol. The van der Waals surface area contributed by atoms with Crippen LogP contribution in [0.25, 0.3) is 0 Å². The van der Waals surface area contributed by atoms with Gasteiger partial charge >= 0.3 is 5.97 Å². The van der Waals surface area contributed by atoms with Gasteiger partial charge in [0.25, 0.3) is 0 Å². The molecule has 5 heteroatoms. The third-order valence-electron chi connectivity index (χ3n) is 3.47. The topological polar surface area (TPSA) is 70.4 Å². The minimum atomic E-state index is -1.03. The first kappa shape index (κ1) is 19.4. The van der Waals surface area contributed by atoms with Gasteiger partial charge in [-0.3, -0.25) is 9.59 Å². The number of hydrogen-bond donors (Lipinski definition) is 0. The van der Waals surface area contributed by atoms with E-state index in [-0.39, 0.29) is 25.1 Å². The summed E-state index contributed by atoms with van der Waals surface area (Å²) in [6.07, 6.45) is 2.54. The van der Waals surface area contributed by atoms with Crippen molar-refractivity contribution in [3.8, 4) is 6.07 Å². The van der Waals surface area contributed by atoms with Crippen molar-refractivity contribution in [1.82, 2.24) is 4.90 Å². The molecule has 5 nitrogen and oxygen atoms in total. The summed E-state index contributed by atoms with van der Waals surface area (Å²) >= 11 is 0. The zero-order valence-electron chi connectivity index (χ0n) is 13.9.